The molecule has 108 valence electrons. The third kappa shape index (κ3) is 3.38. The topological polar surface area (TPSA) is 53.1 Å². The highest BCUT2D eigenvalue weighted by molar-refractivity contribution is 9.10. The number of hydrogen-bond donors (Lipinski definition) is 1. The van der Waals surface area contributed by atoms with E-state index in [1.165, 1.54) is 19.3 Å². The zero-order valence-electron chi connectivity index (χ0n) is 11.9. The Hall–Kier alpha value is -0.390. The number of hydrogen-bond acceptors (Lipinski definition) is 3. The minimum Gasteiger partial charge on any atom is -0.372 e. The van der Waals surface area contributed by atoms with E-state index in [4.69, 9.17) is 10.5 Å². The van der Waals surface area contributed by atoms with Gasteiger partial charge in [-0.25, -0.2) is 0 Å². The van der Waals surface area contributed by atoms with Gasteiger partial charge in [-0.15, -0.1) is 0 Å². The summed E-state index contributed by atoms with van der Waals surface area (Å²) in [6.07, 6.45) is 6.13. The molecule has 1 aromatic heterocycles. The average Bonchev–Trinajstić information content (AvgIpc) is 2.71. The summed E-state index contributed by atoms with van der Waals surface area (Å²) in [6.45, 7) is 3.46. The van der Waals surface area contributed by atoms with Crippen molar-refractivity contribution in [2.24, 2.45) is 18.7 Å². The lowest BCUT2D eigenvalue weighted by atomic mass is 9.86. The van der Waals surface area contributed by atoms with E-state index in [0.29, 0.717) is 18.6 Å². The lowest BCUT2D eigenvalue weighted by Gasteiger charge is -2.30. The summed E-state index contributed by atoms with van der Waals surface area (Å²) < 4.78 is 9.14. The van der Waals surface area contributed by atoms with E-state index >= 15 is 0 Å². The van der Waals surface area contributed by atoms with E-state index in [-0.39, 0.29) is 0 Å². The van der Waals surface area contributed by atoms with Crippen LogP contribution in [0.15, 0.2) is 4.47 Å². The SMILES string of the molecule is CCc1nn(C)c(COC2CCCCC2CN)c1Br. The Morgan fingerprint density at radius 2 is 2.16 bits per heavy atom. The highest BCUT2D eigenvalue weighted by Gasteiger charge is 2.25. The standard InChI is InChI=1S/C14H24BrN3O/c1-3-11-14(15)12(18(2)17-11)9-19-13-7-5-4-6-10(13)8-16/h10,13H,3-9,16H2,1-2H3. The molecule has 1 aliphatic carbocycles. The van der Waals surface area contributed by atoms with Gasteiger partial charge in [-0.05, 0) is 47.7 Å². The van der Waals surface area contributed by atoms with Crippen LogP contribution in [0.3, 0.4) is 0 Å². The van der Waals surface area contributed by atoms with Crippen LogP contribution in [-0.4, -0.2) is 22.4 Å². The highest BCUT2D eigenvalue weighted by Crippen LogP contribution is 2.28. The third-order valence-electron chi connectivity index (χ3n) is 4.08. The maximum absolute atomic E-state index is 6.12. The summed E-state index contributed by atoms with van der Waals surface area (Å²) in [7, 11) is 1.98. The molecule has 2 unspecified atom stereocenters. The van der Waals surface area contributed by atoms with Gasteiger partial charge in [0.2, 0.25) is 0 Å². The van der Waals surface area contributed by atoms with Gasteiger partial charge in [-0.1, -0.05) is 19.8 Å². The second-order valence-corrected chi connectivity index (χ2v) is 6.11. The zero-order chi connectivity index (χ0) is 13.8. The van der Waals surface area contributed by atoms with E-state index in [2.05, 4.69) is 28.0 Å². The van der Waals surface area contributed by atoms with Crippen LogP contribution in [-0.2, 0) is 24.8 Å². The molecule has 4 nitrogen and oxygen atoms in total. The molecular weight excluding hydrogens is 306 g/mol. The van der Waals surface area contributed by atoms with Crippen molar-refractivity contribution in [3.05, 3.63) is 15.9 Å². The van der Waals surface area contributed by atoms with Crippen molar-refractivity contribution in [3.8, 4) is 0 Å². The summed E-state index contributed by atoms with van der Waals surface area (Å²) in [4.78, 5) is 0. The van der Waals surface area contributed by atoms with Crippen LogP contribution in [0.2, 0.25) is 0 Å². The molecule has 0 radical (unpaired) electrons. The van der Waals surface area contributed by atoms with Crippen molar-refractivity contribution < 1.29 is 4.74 Å². The fraction of sp³-hybridized carbons (Fsp3) is 0.786. The molecule has 1 aliphatic rings. The van der Waals surface area contributed by atoms with Crippen LogP contribution in [0.5, 0.6) is 0 Å². The summed E-state index contributed by atoms with van der Waals surface area (Å²) in [6, 6.07) is 0. The Labute approximate surface area is 123 Å². The molecule has 0 aromatic carbocycles. The van der Waals surface area contributed by atoms with Crippen molar-refractivity contribution >= 4 is 15.9 Å². The Bertz CT molecular complexity index is 419. The van der Waals surface area contributed by atoms with Gasteiger partial charge in [0.15, 0.2) is 0 Å². The van der Waals surface area contributed by atoms with Gasteiger partial charge in [-0.3, -0.25) is 4.68 Å². The number of halogens is 1. The van der Waals surface area contributed by atoms with E-state index in [0.717, 1.165) is 35.2 Å². The quantitative estimate of drug-likeness (QED) is 0.903. The molecule has 1 fully saturated rings. The second-order valence-electron chi connectivity index (χ2n) is 5.31. The first-order valence-electron chi connectivity index (χ1n) is 7.19. The molecule has 1 heterocycles. The summed E-state index contributed by atoms with van der Waals surface area (Å²) in [5, 5.41) is 4.50. The van der Waals surface area contributed by atoms with Gasteiger partial charge < -0.3 is 10.5 Å². The molecule has 0 aliphatic heterocycles. The fourth-order valence-electron chi connectivity index (χ4n) is 2.83. The lowest BCUT2D eigenvalue weighted by Crippen LogP contribution is -2.33. The fourth-order valence-corrected chi connectivity index (χ4v) is 3.56. The smallest absolute Gasteiger partial charge is 0.0900 e. The van der Waals surface area contributed by atoms with Gasteiger partial charge in [0, 0.05) is 7.05 Å². The van der Waals surface area contributed by atoms with Gasteiger partial charge in [0.1, 0.15) is 0 Å². The average molecular weight is 330 g/mol. The number of ether oxygens (including phenoxy) is 1. The van der Waals surface area contributed by atoms with E-state index in [1.54, 1.807) is 0 Å². The number of rotatable bonds is 5. The Kier molecular flexibility index (Phi) is 5.42. The summed E-state index contributed by atoms with van der Waals surface area (Å²) >= 11 is 3.63. The first-order valence-corrected chi connectivity index (χ1v) is 7.98. The maximum atomic E-state index is 6.12. The largest absolute Gasteiger partial charge is 0.372 e. The molecule has 0 saturated heterocycles. The Morgan fingerprint density at radius 3 is 2.79 bits per heavy atom. The molecule has 1 aromatic rings. The van der Waals surface area contributed by atoms with Crippen LogP contribution in [0, 0.1) is 5.92 Å². The lowest BCUT2D eigenvalue weighted by molar-refractivity contribution is -0.0208. The van der Waals surface area contributed by atoms with E-state index < -0.39 is 0 Å². The molecule has 0 bridgehead atoms. The van der Waals surface area contributed by atoms with Crippen molar-refractivity contribution in [1.29, 1.82) is 0 Å². The van der Waals surface area contributed by atoms with Crippen molar-refractivity contribution in [2.75, 3.05) is 6.54 Å². The molecule has 2 rings (SSSR count). The molecular formula is C14H24BrN3O. The third-order valence-corrected chi connectivity index (χ3v) is 4.99. The van der Waals surface area contributed by atoms with Crippen LogP contribution in [0.25, 0.3) is 0 Å². The van der Waals surface area contributed by atoms with Gasteiger partial charge in [0.05, 0.1) is 28.6 Å². The summed E-state index contributed by atoms with van der Waals surface area (Å²) in [5.74, 6) is 0.520. The normalized spacial score (nSPS) is 23.8. The van der Waals surface area contributed by atoms with Gasteiger partial charge in [-0.2, -0.15) is 5.10 Å². The van der Waals surface area contributed by atoms with Crippen molar-refractivity contribution in [1.82, 2.24) is 9.78 Å². The first kappa shape index (κ1) is 15.0. The highest BCUT2D eigenvalue weighted by atomic mass is 79.9. The van der Waals surface area contributed by atoms with E-state index in [1.807, 2.05) is 11.7 Å². The van der Waals surface area contributed by atoms with Crippen molar-refractivity contribution in [2.45, 2.75) is 51.7 Å². The van der Waals surface area contributed by atoms with Gasteiger partial charge in [0.25, 0.3) is 0 Å². The molecule has 0 spiro atoms. The summed E-state index contributed by atoms with van der Waals surface area (Å²) in [5.41, 5.74) is 8.06. The van der Waals surface area contributed by atoms with Gasteiger partial charge >= 0.3 is 0 Å². The minimum absolute atomic E-state index is 0.311. The number of aryl methyl sites for hydroxylation is 2. The predicted molar refractivity (Wildman–Crippen MR) is 79.9 cm³/mol. The second kappa shape index (κ2) is 6.86. The number of nitrogens with zero attached hydrogens (tertiary/aromatic N) is 2. The number of aromatic nitrogens is 2. The maximum Gasteiger partial charge on any atom is 0.0900 e. The molecule has 2 atom stereocenters. The Balaban J connectivity index is 1.99. The number of nitrogens with two attached hydrogens (primary N) is 1. The van der Waals surface area contributed by atoms with E-state index in [9.17, 15) is 0 Å². The molecule has 19 heavy (non-hydrogen) atoms. The van der Waals surface area contributed by atoms with Crippen LogP contribution in [0.1, 0.15) is 44.0 Å². The molecule has 2 N–H and O–H groups in total. The predicted octanol–water partition coefficient (Wildman–Crippen LogP) is 2.78. The monoisotopic (exact) mass is 329 g/mol. The minimum atomic E-state index is 0.311. The van der Waals surface area contributed by atoms with Crippen LogP contribution < -0.4 is 5.73 Å². The Morgan fingerprint density at radius 1 is 1.42 bits per heavy atom. The van der Waals surface area contributed by atoms with Crippen LogP contribution >= 0.6 is 15.9 Å². The molecule has 5 heteroatoms. The molecule has 1 saturated carbocycles. The van der Waals surface area contributed by atoms with Crippen molar-refractivity contribution in [3.63, 3.8) is 0 Å². The zero-order valence-corrected chi connectivity index (χ0v) is 13.4. The van der Waals surface area contributed by atoms with Crippen LogP contribution in [0.4, 0.5) is 0 Å². The molecule has 0 amide bonds. The first-order chi connectivity index (χ1) is 9.17.